The van der Waals surface area contributed by atoms with Gasteiger partial charge in [-0.2, -0.15) is 5.10 Å². The molecule has 0 aliphatic carbocycles. The van der Waals surface area contributed by atoms with Crippen LogP contribution in [0.2, 0.25) is 0 Å². The second kappa shape index (κ2) is 2.95. The van der Waals surface area contributed by atoms with Gasteiger partial charge in [-0.1, -0.05) is 0 Å². The van der Waals surface area contributed by atoms with Crippen molar-refractivity contribution in [3.05, 3.63) is 16.0 Å². The van der Waals surface area contributed by atoms with Crippen LogP contribution in [0.1, 0.15) is 0 Å². The number of hydrogen-bond donors (Lipinski definition) is 0. The highest BCUT2D eigenvalue weighted by molar-refractivity contribution is 14.1. The molecule has 0 aliphatic heterocycles. The second-order valence-electron chi connectivity index (χ2n) is 1.42. The Labute approximate surface area is 66.6 Å². The van der Waals surface area contributed by atoms with E-state index in [1.807, 2.05) is 6.07 Å². The van der Waals surface area contributed by atoms with Gasteiger partial charge in [-0.25, -0.2) is 0 Å². The average Bonchev–Trinajstić information content (AvgIpc) is 1.88. The summed E-state index contributed by atoms with van der Waals surface area (Å²) in [6, 6.07) is 1.81. The first-order valence-electron chi connectivity index (χ1n) is 2.35. The lowest BCUT2D eigenvalue weighted by molar-refractivity contribution is 0.411. The van der Waals surface area contributed by atoms with E-state index in [0.717, 1.165) is 9.45 Å². The maximum absolute atomic E-state index is 4.89. The van der Waals surface area contributed by atoms with Crippen LogP contribution < -0.4 is 4.74 Å². The van der Waals surface area contributed by atoms with Crippen LogP contribution in [-0.2, 0) is 0 Å². The van der Waals surface area contributed by atoms with Gasteiger partial charge in [0.2, 0.25) is 0 Å². The van der Waals surface area contributed by atoms with Crippen molar-refractivity contribution in [2.75, 3.05) is 7.11 Å². The molecule has 1 aromatic heterocycles. The third-order valence-corrected chi connectivity index (χ3v) is 1.36. The Balaban J connectivity index is 2.94. The van der Waals surface area contributed by atoms with Crippen molar-refractivity contribution in [3.63, 3.8) is 0 Å². The zero-order chi connectivity index (χ0) is 6.69. The van der Waals surface area contributed by atoms with Crippen molar-refractivity contribution < 1.29 is 4.74 Å². The number of hydrogen-bond acceptors (Lipinski definition) is 3. The highest BCUT2D eigenvalue weighted by Gasteiger charge is 1.91. The van der Waals surface area contributed by atoms with Crippen molar-refractivity contribution in [2.45, 2.75) is 0 Å². The van der Waals surface area contributed by atoms with Crippen molar-refractivity contribution in [3.8, 4) is 5.75 Å². The molecule has 0 aromatic carbocycles. The second-order valence-corrected chi connectivity index (χ2v) is 2.52. The molecule has 0 N–H and O–H groups in total. The molecule has 3 nitrogen and oxygen atoms in total. The SMILES string of the molecule is COc1cnnc(I)c1. The summed E-state index contributed by atoms with van der Waals surface area (Å²) in [4.78, 5) is 0. The Hall–Kier alpha value is -0.390. The zero-order valence-corrected chi connectivity index (χ0v) is 6.99. The fourth-order valence-electron chi connectivity index (χ4n) is 0.436. The van der Waals surface area contributed by atoms with Gasteiger partial charge >= 0.3 is 0 Å². The quantitative estimate of drug-likeness (QED) is 0.684. The van der Waals surface area contributed by atoms with E-state index >= 15 is 0 Å². The van der Waals surface area contributed by atoms with Gasteiger partial charge in [-0.15, -0.1) is 5.10 Å². The molecule has 1 heterocycles. The number of halogens is 1. The van der Waals surface area contributed by atoms with Crippen molar-refractivity contribution in [1.82, 2.24) is 10.2 Å². The van der Waals surface area contributed by atoms with E-state index in [-0.39, 0.29) is 0 Å². The van der Waals surface area contributed by atoms with Crippen molar-refractivity contribution >= 4 is 22.6 Å². The molecule has 1 aromatic rings. The molecule has 0 spiro atoms. The summed E-state index contributed by atoms with van der Waals surface area (Å²) in [7, 11) is 1.60. The number of rotatable bonds is 1. The molecule has 0 saturated heterocycles. The minimum absolute atomic E-state index is 0.745. The smallest absolute Gasteiger partial charge is 0.141 e. The monoisotopic (exact) mass is 236 g/mol. The molecule has 1 rings (SSSR count). The fourth-order valence-corrected chi connectivity index (χ4v) is 0.868. The van der Waals surface area contributed by atoms with Gasteiger partial charge in [0.25, 0.3) is 0 Å². The lowest BCUT2D eigenvalue weighted by atomic mass is 10.5. The number of aromatic nitrogens is 2. The van der Waals surface area contributed by atoms with E-state index in [9.17, 15) is 0 Å². The Morgan fingerprint density at radius 1 is 1.67 bits per heavy atom. The van der Waals surface area contributed by atoms with E-state index < -0.39 is 0 Å². The molecule has 0 atom stereocenters. The van der Waals surface area contributed by atoms with Gasteiger partial charge in [-0.3, -0.25) is 0 Å². The minimum atomic E-state index is 0.745. The lowest BCUT2D eigenvalue weighted by Gasteiger charge is -1.95. The van der Waals surface area contributed by atoms with Gasteiger partial charge in [0, 0.05) is 6.07 Å². The summed E-state index contributed by atoms with van der Waals surface area (Å²) >= 11 is 2.08. The molecule has 9 heavy (non-hydrogen) atoms. The highest BCUT2D eigenvalue weighted by Crippen LogP contribution is 2.08. The van der Waals surface area contributed by atoms with Crippen LogP contribution in [0.15, 0.2) is 12.3 Å². The molecule has 0 amide bonds. The molecule has 4 heteroatoms. The summed E-state index contributed by atoms with van der Waals surface area (Å²) in [6.07, 6.45) is 1.57. The number of ether oxygens (including phenoxy) is 1. The van der Waals surface area contributed by atoms with E-state index in [0.29, 0.717) is 0 Å². The first kappa shape index (κ1) is 6.73. The molecule has 48 valence electrons. The summed E-state index contributed by atoms with van der Waals surface area (Å²) in [6.45, 7) is 0. The largest absolute Gasteiger partial charge is 0.495 e. The van der Waals surface area contributed by atoms with Crippen LogP contribution in [0.3, 0.4) is 0 Å². The van der Waals surface area contributed by atoms with Crippen LogP contribution in [0.5, 0.6) is 5.75 Å². The standard InChI is InChI=1S/C5H5IN2O/c1-9-4-2-5(6)8-7-3-4/h2-3H,1H3. The maximum atomic E-state index is 4.89. The van der Waals surface area contributed by atoms with Gasteiger partial charge in [0.05, 0.1) is 13.3 Å². The number of methoxy groups -OCH3 is 1. The van der Waals surface area contributed by atoms with Crippen LogP contribution in [0, 0.1) is 3.70 Å². The Kier molecular flexibility index (Phi) is 2.21. The molecule has 0 aliphatic rings. The van der Waals surface area contributed by atoms with Crippen LogP contribution in [-0.4, -0.2) is 17.3 Å². The normalized spacial score (nSPS) is 9.11. The van der Waals surface area contributed by atoms with Gasteiger partial charge in [0.1, 0.15) is 9.45 Å². The number of nitrogens with zero attached hydrogens (tertiary/aromatic N) is 2. The van der Waals surface area contributed by atoms with E-state index in [4.69, 9.17) is 4.74 Å². The third kappa shape index (κ3) is 1.78. The Bertz CT molecular complexity index is 204. The zero-order valence-electron chi connectivity index (χ0n) is 4.84. The minimum Gasteiger partial charge on any atom is -0.495 e. The first-order valence-corrected chi connectivity index (χ1v) is 3.43. The summed E-state index contributed by atoms with van der Waals surface area (Å²) in [5.74, 6) is 0.745. The van der Waals surface area contributed by atoms with Crippen molar-refractivity contribution in [1.29, 1.82) is 0 Å². The first-order chi connectivity index (χ1) is 4.33. The highest BCUT2D eigenvalue weighted by atomic mass is 127. The summed E-state index contributed by atoms with van der Waals surface area (Å²) in [5.41, 5.74) is 0. The molecule has 0 bridgehead atoms. The predicted molar refractivity (Wildman–Crippen MR) is 41.3 cm³/mol. The van der Waals surface area contributed by atoms with Crippen LogP contribution in [0.4, 0.5) is 0 Å². The topological polar surface area (TPSA) is 35.0 Å². The van der Waals surface area contributed by atoms with Crippen LogP contribution in [0.25, 0.3) is 0 Å². The van der Waals surface area contributed by atoms with Gasteiger partial charge < -0.3 is 4.74 Å². The van der Waals surface area contributed by atoms with Gasteiger partial charge in [-0.05, 0) is 22.6 Å². The predicted octanol–water partition coefficient (Wildman–Crippen LogP) is 1.09. The van der Waals surface area contributed by atoms with E-state index in [1.165, 1.54) is 0 Å². The maximum Gasteiger partial charge on any atom is 0.141 e. The summed E-state index contributed by atoms with van der Waals surface area (Å²) in [5, 5.41) is 7.42. The Morgan fingerprint density at radius 3 is 2.89 bits per heavy atom. The molecule has 0 saturated carbocycles. The molecular weight excluding hydrogens is 231 g/mol. The fraction of sp³-hybridized carbons (Fsp3) is 0.200. The molecule has 0 fully saturated rings. The molecule has 0 unspecified atom stereocenters. The van der Waals surface area contributed by atoms with Crippen molar-refractivity contribution in [2.24, 2.45) is 0 Å². The third-order valence-electron chi connectivity index (χ3n) is 0.835. The van der Waals surface area contributed by atoms with Gasteiger partial charge in [0.15, 0.2) is 0 Å². The van der Waals surface area contributed by atoms with Crippen LogP contribution >= 0.6 is 22.6 Å². The van der Waals surface area contributed by atoms with E-state index in [1.54, 1.807) is 13.3 Å². The molecular formula is C5H5IN2O. The van der Waals surface area contributed by atoms with E-state index in [2.05, 4.69) is 32.8 Å². The lowest BCUT2D eigenvalue weighted by Crippen LogP contribution is -1.88. The summed E-state index contributed by atoms with van der Waals surface area (Å²) < 4.78 is 5.73. The molecule has 0 radical (unpaired) electrons. The average molecular weight is 236 g/mol. The Morgan fingerprint density at radius 2 is 2.44 bits per heavy atom.